The Kier molecular flexibility index (Phi) is 291. The summed E-state index contributed by atoms with van der Waals surface area (Å²) in [5.41, 5.74) is 30.8. The molecule has 11 N–H and O–H groups in total. The van der Waals surface area contributed by atoms with Crippen molar-refractivity contribution in [2.45, 2.75) is 83.1 Å². The van der Waals surface area contributed by atoms with Gasteiger partial charge in [-0.15, -0.1) is 6.54 Å². The van der Waals surface area contributed by atoms with Gasteiger partial charge in [-0.2, -0.15) is 0 Å². The maximum atomic E-state index is 8.89. The molecule has 0 heterocycles. The number of carbonyl (C=O) groups excluding carboxylic acids is 12. The summed E-state index contributed by atoms with van der Waals surface area (Å²) >= 11 is 0. The molecule has 0 atom stereocenters. The van der Waals surface area contributed by atoms with Crippen molar-refractivity contribution in [2.75, 3.05) is 39.3 Å². The minimum absolute atomic E-state index is 0. The van der Waals surface area contributed by atoms with E-state index in [4.69, 9.17) is 153 Å². The van der Waals surface area contributed by atoms with E-state index in [-0.39, 0.29) is 97.8 Å². The summed E-state index contributed by atoms with van der Waals surface area (Å²) < 4.78 is 0. The summed E-state index contributed by atoms with van der Waals surface area (Å²) in [6.07, 6.45) is 0. The first kappa shape index (κ1) is 131. The molecule has 0 bridgehead atoms. The maximum Gasteiger partial charge on any atom is 3.00 e. The van der Waals surface area contributed by atoms with Crippen LogP contribution in [0.2, 0.25) is 0 Å². The Hall–Kier alpha value is -3.52. The number of nitrogens with one attached hydrogen (secondary N) is 1. The first-order valence-corrected chi connectivity index (χ1v) is 14.8. The third-order valence-corrected chi connectivity index (χ3v) is 0.478. The number of rotatable bonds is 3. The SMILES string of the molecule is CC(=O)[O-].CC(=O)[O-].CC(=O)[O-].CC(=O)[O-].CC(=O)[O-].CC(=O)[O-].CC(=O)[O-].CC(=O)[O-].CC(=O)[O-].CC(=O)[O-].CC(=O)[O-].CC(=O)[O-].NCCN.NCCN.[Fe+3].[Fe+3].[Fe+3].[Fe+3].[NH-]CCN.[Na+]. The fourth-order valence-electron chi connectivity index (χ4n) is 0. The fourth-order valence-corrected chi connectivity index (χ4v) is 0. The van der Waals surface area contributed by atoms with Gasteiger partial charge in [-0.1, -0.05) is 0 Å². The molecule has 0 aliphatic rings. The summed E-state index contributed by atoms with van der Waals surface area (Å²) in [5, 5.41) is 107. The second-order valence-corrected chi connectivity index (χ2v) is 7.59. The molecule has 0 spiro atoms. The van der Waals surface area contributed by atoms with E-state index in [2.05, 4.69) is 0 Å². The zero-order chi connectivity index (χ0) is 53.2. The van der Waals surface area contributed by atoms with E-state index in [1.165, 1.54) is 0 Å². The minimum Gasteiger partial charge on any atom is -0.676 e. The van der Waals surface area contributed by atoms with Crippen molar-refractivity contribution in [3.05, 3.63) is 5.73 Å². The molecule has 4 radical (unpaired) electrons. The summed E-state index contributed by atoms with van der Waals surface area (Å²) in [4.78, 5) is 107. The van der Waals surface area contributed by atoms with E-state index in [1.807, 2.05) is 0 Å². The van der Waals surface area contributed by atoms with Crippen molar-refractivity contribution < 1.29 is 217 Å². The van der Waals surface area contributed by atoms with Crippen molar-refractivity contribution >= 4 is 71.6 Å². The molecule has 0 amide bonds. The zero-order valence-corrected chi connectivity index (χ0v) is 44.3. The third kappa shape index (κ3) is 759000. The fraction of sp³-hybridized carbons (Fsp3) is 0.600. The van der Waals surface area contributed by atoms with Gasteiger partial charge < -0.3 is 153 Å². The quantitative estimate of drug-likeness (QED) is 0.164. The molecule has 0 aromatic heterocycles. The normalized spacial score (nSPS) is 6.00. The maximum absolute atomic E-state index is 8.89. The molecule has 35 heteroatoms. The second kappa shape index (κ2) is 145. The zero-order valence-electron chi connectivity index (χ0n) is 37.8. The van der Waals surface area contributed by atoms with Crippen LogP contribution in [0.5, 0.6) is 0 Å². The smallest absolute Gasteiger partial charge is 0.676 e. The second-order valence-electron chi connectivity index (χ2n) is 7.59. The monoisotopic (exact) mass is 1130 g/mol. The molecule has 0 aromatic carbocycles. The van der Waals surface area contributed by atoms with Gasteiger partial charge in [0.05, 0.1) is 0 Å². The first-order valence-electron chi connectivity index (χ1n) is 14.8. The molecular formula is C30H59Fe4N6NaO24. The summed E-state index contributed by atoms with van der Waals surface area (Å²) in [5.74, 6) is -13.0. The Balaban J connectivity index is -0.0000000184. The van der Waals surface area contributed by atoms with Crippen LogP contribution in [0, 0.1) is 0 Å². The summed E-state index contributed by atoms with van der Waals surface area (Å²) in [6.45, 7) is 14.9. The van der Waals surface area contributed by atoms with Crippen LogP contribution in [0.3, 0.4) is 0 Å². The molecule has 65 heavy (non-hydrogen) atoms. The summed E-state index contributed by atoms with van der Waals surface area (Å²) in [6, 6.07) is 0. The molecule has 0 rings (SSSR count). The number of hydrogen-bond acceptors (Lipinski definition) is 29. The van der Waals surface area contributed by atoms with E-state index in [0.717, 1.165) is 83.1 Å². The number of carbonyl (C=O) groups is 12. The predicted molar refractivity (Wildman–Crippen MR) is 183 cm³/mol. The van der Waals surface area contributed by atoms with Gasteiger partial charge in [0, 0.05) is 97.8 Å². The Morgan fingerprint density at radius 2 is 0.292 bits per heavy atom. The van der Waals surface area contributed by atoms with Gasteiger partial charge >= 0.3 is 97.8 Å². The summed E-state index contributed by atoms with van der Waals surface area (Å²) in [7, 11) is 0. The molecule has 0 saturated heterocycles. The van der Waals surface area contributed by atoms with E-state index in [1.54, 1.807) is 0 Å². The molecule has 0 aromatic rings. The predicted octanol–water partition coefficient (Wildman–Crippen LogP) is -20.1. The van der Waals surface area contributed by atoms with Gasteiger partial charge in [-0.05, 0) is 89.6 Å². The standard InChI is InChI=1S/2C2H8N2.C2H7N2.12C2H4O2.4Fe.Na/c3*3-1-2-4;12*1-2(3)4;;;;;/h2*1-4H2;3H,1-2,4H2;12*1H3,(H,3,4);;;;;/q;;-1;;;;;;;;;;;;;4*+3;+1/p-12. The minimum atomic E-state index is -1.08. The van der Waals surface area contributed by atoms with E-state index in [0.29, 0.717) is 39.3 Å². The molecule has 0 saturated carbocycles. The molecule has 0 aliphatic heterocycles. The Labute approximate surface area is 442 Å². The number of hydrogen-bond donors (Lipinski definition) is 5. The topological polar surface area (TPSA) is 635 Å². The van der Waals surface area contributed by atoms with Gasteiger partial charge in [0.15, 0.2) is 0 Å². The van der Waals surface area contributed by atoms with Crippen LogP contribution in [-0.2, 0) is 126 Å². The molecule has 30 nitrogen and oxygen atoms in total. The van der Waals surface area contributed by atoms with E-state index < -0.39 is 71.6 Å². The number of nitrogens with two attached hydrogens (primary N) is 5. The average Bonchev–Trinajstić information content (AvgIpc) is 2.94. The van der Waals surface area contributed by atoms with E-state index >= 15 is 0 Å². The Bertz CT molecular complexity index is 722. The first-order chi connectivity index (χ1) is 26.5. The average molecular weight is 1130 g/mol. The van der Waals surface area contributed by atoms with Crippen LogP contribution < -0.4 is 120 Å². The molecule has 386 valence electrons. The van der Waals surface area contributed by atoms with E-state index in [9.17, 15) is 0 Å². The van der Waals surface area contributed by atoms with Crippen LogP contribution in [0.25, 0.3) is 5.73 Å². The van der Waals surface area contributed by atoms with Gasteiger partial charge in [0.2, 0.25) is 0 Å². The molecule has 0 aliphatic carbocycles. The van der Waals surface area contributed by atoms with Gasteiger partial charge in [-0.25, -0.2) is 0 Å². The molecule has 0 unspecified atom stereocenters. The number of aliphatic carboxylic acids is 12. The molecular weight excluding hydrogens is 1070 g/mol. The van der Waals surface area contributed by atoms with Crippen molar-refractivity contribution in [2.24, 2.45) is 28.7 Å². The Morgan fingerprint density at radius 3 is 0.292 bits per heavy atom. The van der Waals surface area contributed by atoms with Crippen LogP contribution in [-0.4, -0.2) is 111 Å². The van der Waals surface area contributed by atoms with Crippen molar-refractivity contribution in [1.82, 2.24) is 0 Å². The van der Waals surface area contributed by atoms with Crippen molar-refractivity contribution in [1.29, 1.82) is 0 Å². The van der Waals surface area contributed by atoms with Crippen molar-refractivity contribution in [3.63, 3.8) is 0 Å². The van der Waals surface area contributed by atoms with Gasteiger partial charge in [-0.3, -0.25) is 0 Å². The van der Waals surface area contributed by atoms with Gasteiger partial charge in [0.25, 0.3) is 0 Å². The number of carboxylic acid groups (broad SMARTS) is 12. The van der Waals surface area contributed by atoms with Crippen molar-refractivity contribution in [3.8, 4) is 0 Å². The van der Waals surface area contributed by atoms with Crippen LogP contribution in [0.4, 0.5) is 0 Å². The largest absolute Gasteiger partial charge is 3.00 e. The van der Waals surface area contributed by atoms with Crippen LogP contribution >= 0.6 is 0 Å². The Morgan fingerprint density at radius 1 is 0.262 bits per heavy atom. The van der Waals surface area contributed by atoms with Crippen LogP contribution in [0.1, 0.15) is 83.1 Å². The van der Waals surface area contributed by atoms with Gasteiger partial charge in [0.1, 0.15) is 0 Å². The third-order valence-electron chi connectivity index (χ3n) is 0.478. The molecule has 0 fully saturated rings. The van der Waals surface area contributed by atoms with Crippen LogP contribution in [0.15, 0.2) is 0 Å². The number of carboxylic acids is 12.